The number of nitrogens with zero attached hydrogens (tertiary/aromatic N) is 1. The van der Waals surface area contributed by atoms with Gasteiger partial charge in [0.15, 0.2) is 5.13 Å². The predicted molar refractivity (Wildman–Crippen MR) is 111 cm³/mol. The number of anilines is 1. The van der Waals surface area contributed by atoms with Gasteiger partial charge in [-0.2, -0.15) is 0 Å². The lowest BCUT2D eigenvalue weighted by Crippen LogP contribution is -2.13. The van der Waals surface area contributed by atoms with Gasteiger partial charge in [0.2, 0.25) is 0 Å². The van der Waals surface area contributed by atoms with Crippen molar-refractivity contribution in [2.75, 3.05) is 5.32 Å². The van der Waals surface area contributed by atoms with Gasteiger partial charge in [-0.3, -0.25) is 0 Å². The molecule has 0 aliphatic carbocycles. The van der Waals surface area contributed by atoms with Crippen molar-refractivity contribution in [3.63, 3.8) is 0 Å². The van der Waals surface area contributed by atoms with Gasteiger partial charge in [0.05, 0.1) is 6.04 Å². The molecule has 0 radical (unpaired) electrons. The van der Waals surface area contributed by atoms with Gasteiger partial charge in [-0.15, -0.1) is 11.3 Å². The van der Waals surface area contributed by atoms with Crippen LogP contribution in [0.1, 0.15) is 48.2 Å². The van der Waals surface area contributed by atoms with Crippen LogP contribution in [-0.4, -0.2) is 9.97 Å². The molecule has 132 valence electrons. The van der Waals surface area contributed by atoms with Gasteiger partial charge < -0.3 is 10.3 Å². The third kappa shape index (κ3) is 3.13. The molecule has 0 unspecified atom stereocenters. The summed E-state index contributed by atoms with van der Waals surface area (Å²) >= 11 is 1.63. The number of nitrogens with one attached hydrogen (secondary N) is 2. The first-order chi connectivity index (χ1) is 12.6. The van der Waals surface area contributed by atoms with Crippen molar-refractivity contribution >= 4 is 27.4 Å². The van der Waals surface area contributed by atoms with Crippen LogP contribution in [-0.2, 0) is 0 Å². The van der Waals surface area contributed by atoms with Crippen molar-refractivity contribution in [2.24, 2.45) is 0 Å². The summed E-state index contributed by atoms with van der Waals surface area (Å²) in [6.07, 6.45) is 1.84. The van der Waals surface area contributed by atoms with Gasteiger partial charge in [-0.05, 0) is 30.0 Å². The summed E-state index contributed by atoms with van der Waals surface area (Å²) in [5.41, 5.74) is 6.25. The highest BCUT2D eigenvalue weighted by atomic mass is 32.1. The molecule has 0 saturated carbocycles. The molecule has 26 heavy (non-hydrogen) atoms. The lowest BCUT2D eigenvalue weighted by molar-refractivity contribution is 0.860. The van der Waals surface area contributed by atoms with Crippen LogP contribution in [0, 0.1) is 6.92 Å². The standard InChI is InChI=1S/C22H23N3S/c1-14(2)16-8-10-17(11-9-16)21(25-22-23-12-13-26-22)20-15(3)24-19-7-5-4-6-18(19)20/h4-14,21,24H,1-3H3,(H,23,25)/t21-/m1/s1. The minimum atomic E-state index is 0.0542. The number of hydrogen-bond donors (Lipinski definition) is 2. The van der Waals surface area contributed by atoms with Crippen LogP contribution in [0.15, 0.2) is 60.1 Å². The van der Waals surface area contributed by atoms with Gasteiger partial charge in [0, 0.05) is 33.7 Å². The maximum absolute atomic E-state index is 4.44. The minimum absolute atomic E-state index is 0.0542. The maximum atomic E-state index is 4.44. The van der Waals surface area contributed by atoms with E-state index in [0.717, 1.165) is 5.13 Å². The van der Waals surface area contributed by atoms with E-state index in [1.807, 2.05) is 11.6 Å². The Balaban J connectivity index is 1.83. The van der Waals surface area contributed by atoms with Crippen LogP contribution < -0.4 is 5.32 Å². The zero-order valence-corrected chi connectivity index (χ0v) is 16.1. The highest BCUT2D eigenvalue weighted by Crippen LogP contribution is 2.35. The summed E-state index contributed by atoms with van der Waals surface area (Å²) in [6, 6.07) is 17.5. The SMILES string of the molecule is Cc1[nH]c2ccccc2c1[C@H](Nc1nccs1)c1ccc(C(C)C)cc1. The van der Waals surface area contributed by atoms with Crippen LogP contribution in [0.25, 0.3) is 10.9 Å². The Hall–Kier alpha value is -2.59. The Morgan fingerprint density at radius 1 is 1.00 bits per heavy atom. The van der Waals surface area contributed by atoms with Crippen molar-refractivity contribution < 1.29 is 0 Å². The average molecular weight is 362 g/mol. The van der Waals surface area contributed by atoms with Crippen LogP contribution in [0.3, 0.4) is 0 Å². The lowest BCUT2D eigenvalue weighted by atomic mass is 9.93. The number of fused-ring (bicyclic) bond motifs is 1. The summed E-state index contributed by atoms with van der Waals surface area (Å²) in [5.74, 6) is 0.532. The number of aromatic nitrogens is 2. The number of aryl methyl sites for hydroxylation is 1. The van der Waals surface area contributed by atoms with Gasteiger partial charge in [0.1, 0.15) is 0 Å². The van der Waals surface area contributed by atoms with E-state index < -0.39 is 0 Å². The molecule has 0 saturated heterocycles. The second kappa shape index (κ2) is 6.96. The topological polar surface area (TPSA) is 40.7 Å². The van der Waals surface area contributed by atoms with Crippen molar-refractivity contribution in [3.8, 4) is 0 Å². The Morgan fingerprint density at radius 2 is 1.73 bits per heavy atom. The molecule has 2 aromatic carbocycles. The molecule has 2 heterocycles. The predicted octanol–water partition coefficient (Wildman–Crippen LogP) is 6.26. The van der Waals surface area contributed by atoms with E-state index in [4.69, 9.17) is 0 Å². The molecule has 0 fully saturated rings. The van der Waals surface area contributed by atoms with Crippen LogP contribution >= 0.6 is 11.3 Å². The molecule has 0 aliphatic heterocycles. The van der Waals surface area contributed by atoms with E-state index in [9.17, 15) is 0 Å². The molecule has 4 rings (SSSR count). The van der Waals surface area contributed by atoms with Gasteiger partial charge in [-0.25, -0.2) is 4.98 Å². The summed E-state index contributed by atoms with van der Waals surface area (Å²) in [7, 11) is 0. The summed E-state index contributed by atoms with van der Waals surface area (Å²) in [4.78, 5) is 7.97. The second-order valence-electron chi connectivity index (χ2n) is 6.95. The first-order valence-electron chi connectivity index (χ1n) is 8.96. The number of H-pyrrole nitrogens is 1. The number of para-hydroxylation sites is 1. The Bertz CT molecular complexity index is 998. The maximum Gasteiger partial charge on any atom is 0.183 e. The first-order valence-corrected chi connectivity index (χ1v) is 9.84. The largest absolute Gasteiger partial charge is 0.358 e. The van der Waals surface area contributed by atoms with E-state index >= 15 is 0 Å². The van der Waals surface area contributed by atoms with Crippen LogP contribution in [0.5, 0.6) is 0 Å². The van der Waals surface area contributed by atoms with Crippen molar-refractivity contribution in [1.29, 1.82) is 0 Å². The zero-order chi connectivity index (χ0) is 18.1. The molecule has 4 aromatic rings. The Morgan fingerprint density at radius 3 is 2.42 bits per heavy atom. The number of aromatic amines is 1. The number of thiazole rings is 1. The monoisotopic (exact) mass is 361 g/mol. The molecule has 0 spiro atoms. The Kier molecular flexibility index (Phi) is 4.51. The highest BCUT2D eigenvalue weighted by Gasteiger charge is 2.21. The summed E-state index contributed by atoms with van der Waals surface area (Å²) in [6.45, 7) is 6.60. The first kappa shape index (κ1) is 16.9. The van der Waals surface area contributed by atoms with Crippen molar-refractivity contribution in [1.82, 2.24) is 9.97 Å². The van der Waals surface area contributed by atoms with Gasteiger partial charge >= 0.3 is 0 Å². The van der Waals surface area contributed by atoms with Gasteiger partial charge in [0.25, 0.3) is 0 Å². The molecule has 0 aliphatic rings. The quantitative estimate of drug-likeness (QED) is 0.440. The normalized spacial score (nSPS) is 12.6. The third-order valence-corrected chi connectivity index (χ3v) is 5.57. The summed E-state index contributed by atoms with van der Waals surface area (Å²) < 4.78 is 0. The van der Waals surface area contributed by atoms with Crippen LogP contribution in [0.4, 0.5) is 5.13 Å². The van der Waals surface area contributed by atoms with Gasteiger partial charge in [-0.1, -0.05) is 56.3 Å². The fraction of sp³-hybridized carbons (Fsp3) is 0.227. The molecule has 1 atom stereocenters. The molecular formula is C22H23N3S. The Labute approximate surface area is 158 Å². The van der Waals surface area contributed by atoms with E-state index in [2.05, 4.69) is 84.6 Å². The van der Waals surface area contributed by atoms with E-state index in [1.165, 1.54) is 33.3 Å². The van der Waals surface area contributed by atoms with Crippen molar-refractivity contribution in [3.05, 3.63) is 82.5 Å². The number of hydrogen-bond acceptors (Lipinski definition) is 3. The smallest absolute Gasteiger partial charge is 0.183 e. The fourth-order valence-corrected chi connectivity index (χ4v) is 4.04. The molecule has 2 N–H and O–H groups in total. The molecular weight excluding hydrogens is 338 g/mol. The van der Waals surface area contributed by atoms with E-state index in [-0.39, 0.29) is 6.04 Å². The molecule has 0 bridgehead atoms. The highest BCUT2D eigenvalue weighted by molar-refractivity contribution is 7.13. The van der Waals surface area contributed by atoms with Crippen molar-refractivity contribution in [2.45, 2.75) is 32.7 Å². The van der Waals surface area contributed by atoms with E-state index in [0.29, 0.717) is 5.92 Å². The average Bonchev–Trinajstić information content (AvgIpc) is 3.26. The lowest BCUT2D eigenvalue weighted by Gasteiger charge is -2.20. The fourth-order valence-electron chi connectivity index (χ4n) is 3.48. The zero-order valence-electron chi connectivity index (χ0n) is 15.3. The molecule has 3 nitrogen and oxygen atoms in total. The minimum Gasteiger partial charge on any atom is -0.358 e. The molecule has 4 heteroatoms. The molecule has 0 amide bonds. The van der Waals surface area contributed by atoms with Crippen LogP contribution in [0.2, 0.25) is 0 Å². The summed E-state index contributed by atoms with van der Waals surface area (Å²) in [5, 5.41) is 7.84. The molecule has 2 aromatic heterocycles. The van der Waals surface area contributed by atoms with E-state index in [1.54, 1.807) is 11.3 Å². The number of benzene rings is 2. The third-order valence-electron chi connectivity index (χ3n) is 4.87. The second-order valence-corrected chi connectivity index (χ2v) is 7.84. The number of rotatable bonds is 5.